The Morgan fingerprint density at radius 2 is 1.48 bits per heavy atom. The molecule has 0 atom stereocenters. The van der Waals surface area contributed by atoms with Crippen molar-refractivity contribution in [3.63, 3.8) is 0 Å². The van der Waals surface area contributed by atoms with Gasteiger partial charge in [0.1, 0.15) is 0 Å². The van der Waals surface area contributed by atoms with Crippen molar-refractivity contribution < 1.29 is 9.59 Å². The molecular weight excluding hydrogens is 360 g/mol. The van der Waals surface area contributed by atoms with Gasteiger partial charge in [0, 0.05) is 43.2 Å². The maximum Gasteiger partial charge on any atom is 0.253 e. The highest BCUT2D eigenvalue weighted by Crippen LogP contribution is 2.14. The quantitative estimate of drug-likeness (QED) is 0.783. The Balaban J connectivity index is 1.42. The van der Waals surface area contributed by atoms with E-state index in [1.165, 1.54) is 5.56 Å². The van der Waals surface area contributed by atoms with Crippen molar-refractivity contribution in [3.8, 4) is 0 Å². The first-order valence-corrected chi connectivity index (χ1v) is 9.79. The number of amides is 2. The van der Waals surface area contributed by atoms with Crippen LogP contribution in [0.5, 0.6) is 0 Å². The molecule has 0 spiro atoms. The molecule has 0 aromatic heterocycles. The largest absolute Gasteiger partial charge is 0.339 e. The van der Waals surface area contributed by atoms with Gasteiger partial charge in [0.15, 0.2) is 0 Å². The van der Waals surface area contributed by atoms with E-state index >= 15 is 0 Å². The molecule has 5 heteroatoms. The molecule has 1 fully saturated rings. The van der Waals surface area contributed by atoms with Crippen LogP contribution in [0.3, 0.4) is 0 Å². The molecule has 0 unspecified atom stereocenters. The van der Waals surface area contributed by atoms with E-state index < -0.39 is 0 Å². The number of hydrogen-bond donors (Lipinski definition) is 0. The number of piperazine rings is 1. The van der Waals surface area contributed by atoms with Crippen molar-refractivity contribution in [2.24, 2.45) is 0 Å². The molecule has 2 amide bonds. The highest BCUT2D eigenvalue weighted by molar-refractivity contribution is 6.30. The number of carbonyl (C=O) groups excluding carboxylic acids is 2. The lowest BCUT2D eigenvalue weighted by molar-refractivity contribution is -0.132. The van der Waals surface area contributed by atoms with Crippen LogP contribution in [-0.4, -0.2) is 47.8 Å². The van der Waals surface area contributed by atoms with Gasteiger partial charge in [0.2, 0.25) is 5.91 Å². The highest BCUT2D eigenvalue weighted by atomic mass is 35.5. The van der Waals surface area contributed by atoms with E-state index in [1.54, 1.807) is 0 Å². The van der Waals surface area contributed by atoms with Gasteiger partial charge in [-0.15, -0.1) is 0 Å². The predicted octanol–water partition coefficient (Wildman–Crippen LogP) is 3.96. The van der Waals surface area contributed by atoms with E-state index in [2.05, 4.69) is 0 Å². The summed E-state index contributed by atoms with van der Waals surface area (Å²) in [6, 6.07) is 15.4. The van der Waals surface area contributed by atoms with Crippen LogP contribution in [0.1, 0.15) is 34.3 Å². The van der Waals surface area contributed by atoms with Crippen molar-refractivity contribution in [2.45, 2.75) is 26.2 Å². The van der Waals surface area contributed by atoms with E-state index in [0.29, 0.717) is 38.2 Å². The number of benzene rings is 2. The lowest BCUT2D eigenvalue weighted by atomic mass is 10.1. The Morgan fingerprint density at radius 1 is 0.889 bits per heavy atom. The minimum Gasteiger partial charge on any atom is -0.339 e. The fourth-order valence-corrected chi connectivity index (χ4v) is 3.42. The fraction of sp³-hybridized carbons (Fsp3) is 0.364. The van der Waals surface area contributed by atoms with Crippen molar-refractivity contribution in [1.29, 1.82) is 0 Å². The maximum absolute atomic E-state index is 12.6. The van der Waals surface area contributed by atoms with E-state index in [0.717, 1.165) is 23.4 Å². The first kappa shape index (κ1) is 19.4. The van der Waals surface area contributed by atoms with Gasteiger partial charge in [-0.1, -0.05) is 41.4 Å². The normalized spacial score (nSPS) is 14.3. The molecule has 1 aliphatic heterocycles. The number of nitrogens with zero attached hydrogens (tertiary/aromatic N) is 2. The summed E-state index contributed by atoms with van der Waals surface area (Å²) < 4.78 is 0. The zero-order valence-corrected chi connectivity index (χ0v) is 16.4. The van der Waals surface area contributed by atoms with Crippen LogP contribution in [0.4, 0.5) is 0 Å². The summed E-state index contributed by atoms with van der Waals surface area (Å²) >= 11 is 5.89. The SMILES string of the molecule is Cc1ccc(C(=O)N2CCN(C(=O)CCCc3ccc(Cl)cc3)CC2)cc1. The van der Waals surface area contributed by atoms with Gasteiger partial charge >= 0.3 is 0 Å². The van der Waals surface area contributed by atoms with Gasteiger partial charge in [-0.05, 0) is 49.6 Å². The molecule has 1 aliphatic rings. The zero-order chi connectivity index (χ0) is 19.2. The Labute approximate surface area is 165 Å². The van der Waals surface area contributed by atoms with Crippen LogP contribution in [0, 0.1) is 6.92 Å². The molecule has 1 heterocycles. The first-order chi connectivity index (χ1) is 13.0. The second kappa shape index (κ2) is 9.05. The average molecular weight is 385 g/mol. The van der Waals surface area contributed by atoms with Crippen LogP contribution < -0.4 is 0 Å². The number of rotatable bonds is 5. The van der Waals surface area contributed by atoms with Crippen LogP contribution >= 0.6 is 11.6 Å². The second-order valence-electron chi connectivity index (χ2n) is 7.02. The maximum atomic E-state index is 12.6. The summed E-state index contributed by atoms with van der Waals surface area (Å²) in [5.41, 5.74) is 3.05. The van der Waals surface area contributed by atoms with Gasteiger partial charge in [-0.25, -0.2) is 0 Å². The molecule has 0 radical (unpaired) electrons. The fourth-order valence-electron chi connectivity index (χ4n) is 3.29. The standard InChI is InChI=1S/C22H25ClN2O2/c1-17-5-9-19(10-6-17)22(27)25-15-13-24(14-16-25)21(26)4-2-3-18-7-11-20(23)12-8-18/h5-12H,2-4,13-16H2,1H3. The summed E-state index contributed by atoms with van der Waals surface area (Å²) in [5, 5.41) is 0.730. The summed E-state index contributed by atoms with van der Waals surface area (Å²) in [7, 11) is 0. The number of halogens is 1. The van der Waals surface area contributed by atoms with Crippen LogP contribution in [0.2, 0.25) is 5.02 Å². The Kier molecular flexibility index (Phi) is 6.51. The molecule has 2 aromatic carbocycles. The van der Waals surface area contributed by atoms with Crippen molar-refractivity contribution in [1.82, 2.24) is 9.80 Å². The number of aryl methyl sites for hydroxylation is 2. The minimum atomic E-state index is 0.0461. The van der Waals surface area contributed by atoms with Crippen molar-refractivity contribution in [2.75, 3.05) is 26.2 Å². The predicted molar refractivity (Wildman–Crippen MR) is 108 cm³/mol. The van der Waals surface area contributed by atoms with Crippen molar-refractivity contribution in [3.05, 3.63) is 70.2 Å². The molecular formula is C22H25ClN2O2. The monoisotopic (exact) mass is 384 g/mol. The molecule has 2 aromatic rings. The van der Waals surface area contributed by atoms with E-state index in [4.69, 9.17) is 11.6 Å². The lowest BCUT2D eigenvalue weighted by Crippen LogP contribution is -2.50. The molecule has 0 N–H and O–H groups in total. The third-order valence-electron chi connectivity index (χ3n) is 4.99. The molecule has 0 bridgehead atoms. The third kappa shape index (κ3) is 5.33. The average Bonchev–Trinajstić information content (AvgIpc) is 2.69. The van der Waals surface area contributed by atoms with Crippen LogP contribution in [0.15, 0.2) is 48.5 Å². The number of carbonyl (C=O) groups is 2. The van der Waals surface area contributed by atoms with Gasteiger partial charge in [0.25, 0.3) is 5.91 Å². The molecule has 142 valence electrons. The van der Waals surface area contributed by atoms with E-state index in [-0.39, 0.29) is 11.8 Å². The summed E-state index contributed by atoms with van der Waals surface area (Å²) in [6.07, 6.45) is 2.23. The van der Waals surface area contributed by atoms with Crippen molar-refractivity contribution >= 4 is 23.4 Å². The molecule has 1 saturated heterocycles. The first-order valence-electron chi connectivity index (χ1n) is 9.41. The topological polar surface area (TPSA) is 40.6 Å². The molecule has 27 heavy (non-hydrogen) atoms. The van der Waals surface area contributed by atoms with E-state index in [9.17, 15) is 9.59 Å². The zero-order valence-electron chi connectivity index (χ0n) is 15.7. The highest BCUT2D eigenvalue weighted by Gasteiger charge is 2.24. The Bertz CT molecular complexity index is 779. The lowest BCUT2D eigenvalue weighted by Gasteiger charge is -2.35. The minimum absolute atomic E-state index is 0.0461. The Hall–Kier alpha value is -2.33. The number of hydrogen-bond acceptors (Lipinski definition) is 2. The van der Waals surface area contributed by atoms with E-state index in [1.807, 2.05) is 65.3 Å². The van der Waals surface area contributed by atoms with Gasteiger partial charge in [-0.2, -0.15) is 0 Å². The summed E-state index contributed by atoms with van der Waals surface area (Å²) in [4.78, 5) is 28.7. The van der Waals surface area contributed by atoms with Crippen LogP contribution in [0.25, 0.3) is 0 Å². The molecule has 4 nitrogen and oxygen atoms in total. The molecule has 0 saturated carbocycles. The second-order valence-corrected chi connectivity index (χ2v) is 7.46. The molecule has 0 aliphatic carbocycles. The summed E-state index contributed by atoms with van der Waals surface area (Å²) in [6.45, 7) is 4.41. The molecule has 3 rings (SSSR count). The van der Waals surface area contributed by atoms with Gasteiger partial charge < -0.3 is 9.80 Å². The van der Waals surface area contributed by atoms with Gasteiger partial charge in [-0.3, -0.25) is 9.59 Å². The van der Waals surface area contributed by atoms with Gasteiger partial charge in [0.05, 0.1) is 0 Å². The Morgan fingerprint density at radius 3 is 2.11 bits per heavy atom. The summed E-state index contributed by atoms with van der Waals surface area (Å²) in [5.74, 6) is 0.219. The third-order valence-corrected chi connectivity index (χ3v) is 5.24. The van der Waals surface area contributed by atoms with Crippen LogP contribution in [-0.2, 0) is 11.2 Å². The smallest absolute Gasteiger partial charge is 0.253 e.